The van der Waals surface area contributed by atoms with Gasteiger partial charge >= 0.3 is 0 Å². The first kappa shape index (κ1) is 40.4. The van der Waals surface area contributed by atoms with E-state index >= 15 is 0 Å². The Morgan fingerprint density at radius 3 is 0.875 bits per heavy atom. The quantitative estimate of drug-likeness (QED) is 0.0467. The van der Waals surface area contributed by atoms with Crippen LogP contribution in [0.4, 0.5) is 0 Å². The molecule has 0 bridgehead atoms. The third kappa shape index (κ3) is 23.9. The largest absolute Gasteiger partial charge is 0.386 e. The second-order valence-electron chi connectivity index (χ2n) is 13.5. The lowest BCUT2D eigenvalue weighted by Gasteiger charge is -2.37. The number of unbranched alkanes of at least 4 members (excludes halogenated alkanes) is 17. The van der Waals surface area contributed by atoms with Gasteiger partial charge in [0.25, 0.3) is 0 Å². The Labute approximate surface area is 261 Å². The Bertz CT molecular complexity index is 496. The Kier molecular flexibility index (Phi) is 27.3. The molecule has 0 aromatic rings. The van der Waals surface area contributed by atoms with Crippen LogP contribution >= 0.6 is 23.2 Å². The molecule has 0 saturated carbocycles. The standard InChI is InChI=1S/C34H72Cl2N2O2/c1-5-7-9-11-13-15-17-21-25-37(3,31-33(39)29-35)27-23-19-20-24-28-38(4,32-34(40)30-36)26-22-18-16-14-12-10-8-6-2/h33-34,39-40H,5-32H2,1-4H3/q+2. The van der Waals surface area contributed by atoms with Crippen molar-refractivity contribution in [2.45, 2.75) is 154 Å². The third-order valence-electron chi connectivity index (χ3n) is 8.91. The molecule has 0 fully saturated rings. The average molecular weight is 612 g/mol. The van der Waals surface area contributed by atoms with Crippen LogP contribution in [-0.4, -0.2) is 96.5 Å². The molecule has 2 N–H and O–H groups in total. The molecule has 0 aliphatic carbocycles. The van der Waals surface area contributed by atoms with Gasteiger partial charge in [0.2, 0.25) is 0 Å². The first-order valence-electron chi connectivity index (χ1n) is 17.4. The lowest BCUT2D eigenvalue weighted by molar-refractivity contribution is -0.913. The smallest absolute Gasteiger partial charge is 0.116 e. The van der Waals surface area contributed by atoms with Crippen LogP contribution in [0.5, 0.6) is 0 Å². The molecule has 0 rings (SSSR count). The zero-order valence-corrected chi connectivity index (χ0v) is 29.0. The summed E-state index contributed by atoms with van der Waals surface area (Å²) in [4.78, 5) is 0. The van der Waals surface area contributed by atoms with E-state index in [1.165, 1.54) is 128 Å². The van der Waals surface area contributed by atoms with Crippen molar-refractivity contribution >= 4 is 23.2 Å². The molecule has 40 heavy (non-hydrogen) atoms. The SMILES string of the molecule is CCCCCCCCCC[N+](C)(CCCCCC[N+](C)(CCCCCCCCCC)CC(O)CCl)CC(O)CCl. The molecule has 0 aliphatic heterocycles. The van der Waals surface area contributed by atoms with Gasteiger partial charge in [-0.25, -0.2) is 0 Å². The number of likely N-dealkylation sites (N-methyl/N-ethyl adjacent to an activating group) is 2. The highest BCUT2D eigenvalue weighted by atomic mass is 35.5. The zero-order chi connectivity index (χ0) is 30.0. The normalized spacial score (nSPS) is 16.5. The van der Waals surface area contributed by atoms with Gasteiger partial charge in [0.05, 0.1) is 52.0 Å². The van der Waals surface area contributed by atoms with E-state index in [0.717, 1.165) is 48.2 Å². The molecule has 4 unspecified atom stereocenters. The highest BCUT2D eigenvalue weighted by molar-refractivity contribution is 6.18. The van der Waals surface area contributed by atoms with Gasteiger partial charge < -0.3 is 19.2 Å². The molecule has 0 amide bonds. The van der Waals surface area contributed by atoms with E-state index in [2.05, 4.69) is 27.9 Å². The van der Waals surface area contributed by atoms with Crippen LogP contribution in [0.25, 0.3) is 0 Å². The van der Waals surface area contributed by atoms with Gasteiger partial charge in [0.15, 0.2) is 0 Å². The minimum absolute atomic E-state index is 0.328. The fourth-order valence-corrected chi connectivity index (χ4v) is 6.49. The predicted octanol–water partition coefficient (Wildman–Crippen LogP) is 8.92. The summed E-state index contributed by atoms with van der Waals surface area (Å²) in [7, 11) is 4.64. The number of halogens is 2. The van der Waals surface area contributed by atoms with E-state index in [1.54, 1.807) is 0 Å². The fraction of sp³-hybridized carbons (Fsp3) is 1.00. The van der Waals surface area contributed by atoms with Crippen molar-refractivity contribution in [2.24, 2.45) is 0 Å². The molecule has 0 radical (unpaired) electrons. The Morgan fingerprint density at radius 2 is 0.650 bits per heavy atom. The van der Waals surface area contributed by atoms with Crippen LogP contribution in [0.15, 0.2) is 0 Å². The van der Waals surface area contributed by atoms with E-state index in [-0.39, 0.29) is 0 Å². The summed E-state index contributed by atoms with van der Waals surface area (Å²) >= 11 is 12.0. The average Bonchev–Trinajstić information content (AvgIpc) is 2.93. The van der Waals surface area contributed by atoms with Crippen molar-refractivity contribution in [3.05, 3.63) is 0 Å². The minimum atomic E-state index is -0.414. The van der Waals surface area contributed by atoms with E-state index in [1.807, 2.05) is 0 Å². The van der Waals surface area contributed by atoms with Crippen LogP contribution in [0.2, 0.25) is 0 Å². The number of rotatable bonds is 31. The summed E-state index contributed by atoms with van der Waals surface area (Å²) in [6.45, 7) is 10.6. The molecule has 6 heteroatoms. The summed E-state index contributed by atoms with van der Waals surface area (Å²) in [6.07, 6.45) is 25.5. The summed E-state index contributed by atoms with van der Waals surface area (Å²) in [5.74, 6) is 0.656. The molecule has 0 heterocycles. The maximum atomic E-state index is 10.3. The van der Waals surface area contributed by atoms with Crippen LogP contribution in [0.1, 0.15) is 142 Å². The van der Waals surface area contributed by atoms with Crippen molar-refractivity contribution in [3.63, 3.8) is 0 Å². The predicted molar refractivity (Wildman–Crippen MR) is 179 cm³/mol. The van der Waals surface area contributed by atoms with Gasteiger partial charge in [-0.05, 0) is 51.4 Å². The first-order valence-corrected chi connectivity index (χ1v) is 18.5. The summed E-state index contributed by atoms with van der Waals surface area (Å²) in [5.41, 5.74) is 0. The van der Waals surface area contributed by atoms with Crippen LogP contribution in [0, 0.1) is 0 Å². The number of nitrogens with zero attached hydrogens (tertiary/aromatic N) is 2. The Morgan fingerprint density at radius 1 is 0.425 bits per heavy atom. The van der Waals surface area contributed by atoms with E-state index < -0.39 is 12.2 Å². The number of hydrogen-bond acceptors (Lipinski definition) is 2. The Hall–Kier alpha value is 0.420. The maximum Gasteiger partial charge on any atom is 0.116 e. The van der Waals surface area contributed by atoms with Crippen molar-refractivity contribution in [3.8, 4) is 0 Å². The molecule has 0 aliphatic rings. The summed E-state index contributed by atoms with van der Waals surface area (Å²) in [5, 5.41) is 20.6. The maximum absolute atomic E-state index is 10.3. The lowest BCUT2D eigenvalue weighted by atomic mass is 10.1. The topological polar surface area (TPSA) is 40.5 Å². The van der Waals surface area contributed by atoms with E-state index in [4.69, 9.17) is 23.2 Å². The second-order valence-corrected chi connectivity index (χ2v) is 14.1. The van der Waals surface area contributed by atoms with Crippen molar-refractivity contribution in [1.29, 1.82) is 0 Å². The number of alkyl halides is 2. The highest BCUT2D eigenvalue weighted by Gasteiger charge is 2.26. The molecule has 4 nitrogen and oxygen atoms in total. The third-order valence-corrected chi connectivity index (χ3v) is 9.62. The number of aliphatic hydroxyl groups excluding tert-OH is 2. The molecule has 0 spiro atoms. The van der Waals surface area contributed by atoms with Crippen molar-refractivity contribution < 1.29 is 19.2 Å². The molecular formula is C34H72Cl2N2O2+2. The van der Waals surface area contributed by atoms with Gasteiger partial charge in [-0.2, -0.15) is 0 Å². The van der Waals surface area contributed by atoms with Crippen LogP contribution < -0.4 is 0 Å². The van der Waals surface area contributed by atoms with Gasteiger partial charge in [-0.3, -0.25) is 0 Å². The monoisotopic (exact) mass is 610 g/mol. The summed E-state index contributed by atoms with van der Waals surface area (Å²) < 4.78 is 1.88. The molecule has 0 saturated heterocycles. The molecular weight excluding hydrogens is 539 g/mol. The van der Waals surface area contributed by atoms with E-state index in [9.17, 15) is 10.2 Å². The van der Waals surface area contributed by atoms with Crippen LogP contribution in [-0.2, 0) is 0 Å². The number of quaternary nitrogens is 2. The lowest BCUT2D eigenvalue weighted by Crippen LogP contribution is -2.51. The van der Waals surface area contributed by atoms with Gasteiger partial charge in [-0.1, -0.05) is 90.9 Å². The number of hydrogen-bond donors (Lipinski definition) is 2. The van der Waals surface area contributed by atoms with Crippen molar-refractivity contribution in [2.75, 3.05) is 65.1 Å². The first-order chi connectivity index (χ1) is 19.2. The zero-order valence-electron chi connectivity index (χ0n) is 27.5. The van der Waals surface area contributed by atoms with E-state index in [0.29, 0.717) is 11.8 Å². The molecule has 0 aromatic carbocycles. The van der Waals surface area contributed by atoms with Crippen molar-refractivity contribution in [1.82, 2.24) is 0 Å². The fourth-order valence-electron chi connectivity index (χ4n) is 6.30. The van der Waals surface area contributed by atoms with Gasteiger partial charge in [0, 0.05) is 0 Å². The van der Waals surface area contributed by atoms with Gasteiger partial charge in [0.1, 0.15) is 25.3 Å². The second kappa shape index (κ2) is 27.0. The summed E-state index contributed by atoms with van der Waals surface area (Å²) in [6, 6.07) is 0. The molecule has 4 atom stereocenters. The highest BCUT2D eigenvalue weighted by Crippen LogP contribution is 2.17. The number of aliphatic hydroxyl groups is 2. The van der Waals surface area contributed by atoms with Gasteiger partial charge in [-0.15, -0.1) is 23.2 Å². The Balaban J connectivity index is 4.42. The molecule has 0 aromatic heterocycles. The van der Waals surface area contributed by atoms with Crippen LogP contribution in [0.3, 0.4) is 0 Å². The minimum Gasteiger partial charge on any atom is -0.386 e. The molecule has 242 valence electrons.